The maximum Gasteiger partial charge on any atom is 0.308 e. The molecule has 0 aromatic heterocycles. The van der Waals surface area contributed by atoms with E-state index in [4.69, 9.17) is 9.47 Å². The number of ether oxygens (including phenoxy) is 2. The van der Waals surface area contributed by atoms with Gasteiger partial charge in [-0.1, -0.05) is 0 Å². The quantitative estimate of drug-likeness (QED) is 0.454. The van der Waals surface area contributed by atoms with Gasteiger partial charge in [0.05, 0.1) is 24.9 Å². The summed E-state index contributed by atoms with van der Waals surface area (Å²) < 4.78 is 42.4. The van der Waals surface area contributed by atoms with Crippen molar-refractivity contribution >= 4 is 22.6 Å². The topological polar surface area (TPSA) is 107 Å². The van der Waals surface area contributed by atoms with E-state index in [0.29, 0.717) is 32.3 Å². The van der Waals surface area contributed by atoms with Crippen molar-refractivity contribution < 1.29 is 32.0 Å². The Hall–Kier alpha value is -1.15. The first-order chi connectivity index (χ1) is 10.4. The van der Waals surface area contributed by atoms with Crippen molar-refractivity contribution in [3.63, 3.8) is 0 Å². The van der Waals surface area contributed by atoms with Gasteiger partial charge in [0.1, 0.15) is 0 Å². The summed E-state index contributed by atoms with van der Waals surface area (Å²) in [4.78, 5) is 22.1. The minimum Gasteiger partial charge on any atom is -0.469 e. The first-order valence-electron chi connectivity index (χ1n) is 7.46. The van der Waals surface area contributed by atoms with Crippen LogP contribution in [0.2, 0.25) is 0 Å². The fourth-order valence-electron chi connectivity index (χ4n) is 4.09. The van der Waals surface area contributed by atoms with E-state index in [1.54, 1.807) is 0 Å². The summed E-state index contributed by atoms with van der Waals surface area (Å²) in [5, 5.41) is -0.914. The predicted molar refractivity (Wildman–Crippen MR) is 76.4 cm³/mol. The van der Waals surface area contributed by atoms with Crippen molar-refractivity contribution in [1.29, 1.82) is 0 Å². The third kappa shape index (κ3) is 3.78. The van der Waals surface area contributed by atoms with Gasteiger partial charge in [-0.25, -0.2) is 0 Å². The van der Waals surface area contributed by atoms with Crippen LogP contribution in [-0.2, 0) is 29.2 Å². The second kappa shape index (κ2) is 6.95. The van der Waals surface area contributed by atoms with E-state index in [1.165, 1.54) is 7.11 Å². The molecule has 1 N–H and O–H groups in total. The summed E-state index contributed by atoms with van der Waals surface area (Å²) in [6.45, 7) is 0.720. The zero-order valence-corrected chi connectivity index (χ0v) is 13.3. The summed E-state index contributed by atoms with van der Waals surface area (Å²) in [5.41, 5.74) is 0. The molecular weight excluding hydrogens is 312 g/mol. The molecule has 0 aromatic carbocycles. The SMILES string of the molecule is COC(=O)C1CC2CC(COC=O)CCC2C(S(=O)(=O)O)C1. The van der Waals surface area contributed by atoms with Crippen LogP contribution >= 0.6 is 0 Å². The summed E-state index contributed by atoms with van der Waals surface area (Å²) in [5.74, 6) is -0.908. The largest absolute Gasteiger partial charge is 0.469 e. The van der Waals surface area contributed by atoms with Crippen LogP contribution < -0.4 is 0 Å². The molecule has 2 fully saturated rings. The molecule has 0 aromatic rings. The highest BCUT2D eigenvalue weighted by molar-refractivity contribution is 7.86. The Morgan fingerprint density at radius 3 is 2.59 bits per heavy atom. The molecule has 2 rings (SSSR count). The molecule has 5 unspecified atom stereocenters. The average molecular weight is 334 g/mol. The first kappa shape index (κ1) is 17.2. The van der Waals surface area contributed by atoms with Crippen molar-refractivity contribution in [3.8, 4) is 0 Å². The molecule has 0 saturated heterocycles. The molecule has 2 aliphatic carbocycles. The third-order valence-electron chi connectivity index (χ3n) is 5.05. The smallest absolute Gasteiger partial charge is 0.308 e. The summed E-state index contributed by atoms with van der Waals surface area (Å²) in [6.07, 6.45) is 2.76. The number of hydrogen-bond donors (Lipinski definition) is 1. The maximum atomic E-state index is 11.8. The number of methoxy groups -OCH3 is 1. The molecule has 0 aliphatic heterocycles. The van der Waals surface area contributed by atoms with Gasteiger partial charge in [0, 0.05) is 0 Å². The number of fused-ring (bicyclic) bond motifs is 1. The Morgan fingerprint density at radius 1 is 1.27 bits per heavy atom. The van der Waals surface area contributed by atoms with Crippen LogP contribution in [-0.4, -0.2) is 44.4 Å². The van der Waals surface area contributed by atoms with Crippen LogP contribution in [0.4, 0.5) is 0 Å². The van der Waals surface area contributed by atoms with Crippen molar-refractivity contribution in [3.05, 3.63) is 0 Å². The van der Waals surface area contributed by atoms with Gasteiger partial charge < -0.3 is 9.47 Å². The van der Waals surface area contributed by atoms with Crippen LogP contribution in [0.3, 0.4) is 0 Å². The Morgan fingerprint density at radius 2 is 2.00 bits per heavy atom. The zero-order chi connectivity index (χ0) is 16.3. The summed E-state index contributed by atoms with van der Waals surface area (Å²) >= 11 is 0. The molecule has 0 radical (unpaired) electrons. The minimum atomic E-state index is -4.20. The third-order valence-corrected chi connectivity index (χ3v) is 6.36. The molecule has 2 aliphatic rings. The molecular formula is C14H22O7S. The van der Waals surface area contributed by atoms with Crippen molar-refractivity contribution in [1.82, 2.24) is 0 Å². The molecule has 8 heteroatoms. The second-order valence-corrected chi connectivity index (χ2v) is 7.91. The fraction of sp³-hybridized carbons (Fsp3) is 0.857. The van der Waals surface area contributed by atoms with E-state index in [0.717, 1.165) is 6.42 Å². The molecule has 7 nitrogen and oxygen atoms in total. The highest BCUT2D eigenvalue weighted by Gasteiger charge is 2.48. The lowest BCUT2D eigenvalue weighted by Gasteiger charge is -2.44. The van der Waals surface area contributed by atoms with E-state index in [1.807, 2.05) is 0 Å². The van der Waals surface area contributed by atoms with Crippen molar-refractivity contribution in [2.75, 3.05) is 13.7 Å². The number of carbonyl (C=O) groups excluding carboxylic acids is 2. The lowest BCUT2D eigenvalue weighted by atomic mass is 9.64. The predicted octanol–water partition coefficient (Wildman–Crippen LogP) is 1.03. The molecule has 0 spiro atoms. The number of esters is 1. The highest BCUT2D eigenvalue weighted by Crippen LogP contribution is 2.47. The molecule has 22 heavy (non-hydrogen) atoms. The monoisotopic (exact) mass is 334 g/mol. The van der Waals surface area contributed by atoms with Crippen LogP contribution in [0.5, 0.6) is 0 Å². The van der Waals surface area contributed by atoms with Crippen LogP contribution in [0, 0.1) is 23.7 Å². The van der Waals surface area contributed by atoms with E-state index >= 15 is 0 Å². The van der Waals surface area contributed by atoms with Crippen molar-refractivity contribution in [2.24, 2.45) is 23.7 Å². The molecule has 2 saturated carbocycles. The van der Waals surface area contributed by atoms with Gasteiger partial charge in [0.15, 0.2) is 0 Å². The zero-order valence-electron chi connectivity index (χ0n) is 12.5. The van der Waals surface area contributed by atoms with Gasteiger partial charge in [-0.05, 0) is 49.9 Å². The Labute approximate surface area is 130 Å². The molecule has 0 bridgehead atoms. The van der Waals surface area contributed by atoms with Gasteiger partial charge >= 0.3 is 5.97 Å². The van der Waals surface area contributed by atoms with E-state index in [2.05, 4.69) is 0 Å². The van der Waals surface area contributed by atoms with Gasteiger partial charge in [-0.15, -0.1) is 0 Å². The lowest BCUT2D eigenvalue weighted by molar-refractivity contribution is -0.148. The van der Waals surface area contributed by atoms with Crippen LogP contribution in [0.15, 0.2) is 0 Å². The van der Waals surface area contributed by atoms with Gasteiger partial charge in [0.25, 0.3) is 16.6 Å². The van der Waals surface area contributed by atoms with Crippen molar-refractivity contribution in [2.45, 2.75) is 37.4 Å². The normalized spacial score (nSPS) is 35.3. The molecule has 0 amide bonds. The molecule has 5 atom stereocenters. The molecule has 0 heterocycles. The Kier molecular flexibility index (Phi) is 5.44. The fourth-order valence-corrected chi connectivity index (χ4v) is 5.37. The first-order valence-corrected chi connectivity index (χ1v) is 8.96. The summed E-state index contributed by atoms with van der Waals surface area (Å²) in [6, 6.07) is 0. The van der Waals surface area contributed by atoms with Crippen LogP contribution in [0.25, 0.3) is 0 Å². The van der Waals surface area contributed by atoms with E-state index < -0.39 is 27.3 Å². The lowest BCUT2D eigenvalue weighted by Crippen LogP contribution is -2.46. The van der Waals surface area contributed by atoms with E-state index in [9.17, 15) is 22.6 Å². The average Bonchev–Trinajstić information content (AvgIpc) is 2.49. The van der Waals surface area contributed by atoms with Gasteiger partial charge in [-0.3, -0.25) is 14.1 Å². The molecule has 126 valence electrons. The van der Waals surface area contributed by atoms with Gasteiger partial charge in [0.2, 0.25) is 0 Å². The number of rotatable bonds is 5. The van der Waals surface area contributed by atoms with E-state index in [-0.39, 0.29) is 24.2 Å². The Balaban J connectivity index is 2.15. The number of carbonyl (C=O) groups is 2. The highest BCUT2D eigenvalue weighted by atomic mass is 32.2. The maximum absolute atomic E-state index is 11.8. The minimum absolute atomic E-state index is 0.0128. The van der Waals surface area contributed by atoms with Crippen LogP contribution in [0.1, 0.15) is 32.1 Å². The summed E-state index contributed by atoms with van der Waals surface area (Å²) in [7, 11) is -2.92. The Bertz CT molecular complexity index is 515. The number of hydrogen-bond acceptors (Lipinski definition) is 6. The second-order valence-electron chi connectivity index (χ2n) is 6.28. The van der Waals surface area contributed by atoms with Gasteiger partial charge in [-0.2, -0.15) is 8.42 Å². The standard InChI is InChI=1S/C14H22O7S/c1-20-14(16)11-5-10-4-9(7-21-8-15)2-3-12(10)13(6-11)22(17,18)19/h8-13H,2-7H2,1H3,(H,17,18,19).